The van der Waals surface area contributed by atoms with Gasteiger partial charge in [-0.2, -0.15) is 18.4 Å². The second-order valence-electron chi connectivity index (χ2n) is 15.9. The van der Waals surface area contributed by atoms with Crippen LogP contribution >= 0.6 is 12.2 Å². The van der Waals surface area contributed by atoms with E-state index in [1.54, 1.807) is 23.1 Å². The fraction of sp³-hybridized carbons (Fsp3) is 0.452. The quantitative estimate of drug-likeness (QED) is 0.166. The predicted molar refractivity (Wildman–Crippen MR) is 219 cm³/mol. The number of benzene rings is 2. The highest BCUT2D eigenvalue weighted by atomic mass is 32.1. The molecule has 6 fully saturated rings. The lowest BCUT2D eigenvalue weighted by Gasteiger charge is -2.51. The number of hydrogen-bond donors (Lipinski definition) is 3. The first kappa shape index (κ1) is 41.1. The molecule has 1 spiro atoms. The monoisotopic (exact) mass is 843 g/mol. The highest BCUT2D eigenvalue weighted by Gasteiger charge is 2.60. The summed E-state index contributed by atoms with van der Waals surface area (Å²) in [6.45, 7) is 4.95. The number of imide groups is 1. The van der Waals surface area contributed by atoms with Gasteiger partial charge in [0, 0.05) is 55.2 Å². The van der Waals surface area contributed by atoms with Crippen molar-refractivity contribution >= 4 is 63.7 Å². The van der Waals surface area contributed by atoms with Crippen LogP contribution in [0.15, 0.2) is 54.7 Å². The van der Waals surface area contributed by atoms with Crippen LogP contribution in [0, 0.1) is 11.3 Å². The van der Waals surface area contributed by atoms with E-state index in [-0.39, 0.29) is 53.6 Å². The number of carbonyl (C=O) groups is 4. The van der Waals surface area contributed by atoms with Gasteiger partial charge in [0.2, 0.25) is 17.7 Å². The molecule has 6 aliphatic rings. The molecule has 6 heterocycles. The van der Waals surface area contributed by atoms with Gasteiger partial charge in [-0.1, -0.05) is 13.0 Å². The number of fused-ring (bicyclic) bond motifs is 3. The topological polar surface area (TPSA) is 163 Å². The van der Waals surface area contributed by atoms with Gasteiger partial charge in [-0.25, -0.2) is 4.98 Å². The third-order valence-corrected chi connectivity index (χ3v) is 12.6. The lowest BCUT2D eigenvalue weighted by atomic mass is 9.75. The zero-order chi connectivity index (χ0) is 42.3. The number of piperidine rings is 3. The van der Waals surface area contributed by atoms with Gasteiger partial charge in [0.1, 0.15) is 30.0 Å². The fourth-order valence-corrected chi connectivity index (χ4v) is 9.53. The summed E-state index contributed by atoms with van der Waals surface area (Å²) in [7, 11) is 0. The minimum Gasteiger partial charge on any atom is -0.492 e. The molecule has 2 unspecified atom stereocenters. The van der Waals surface area contributed by atoms with Crippen LogP contribution in [0.2, 0.25) is 0 Å². The molecular formula is C42H44F3N9O5S. The van der Waals surface area contributed by atoms with E-state index < -0.39 is 34.9 Å². The lowest BCUT2D eigenvalue weighted by Crippen LogP contribution is -2.63. The molecule has 1 aliphatic carbocycles. The molecule has 9 rings (SSSR count). The smallest absolute Gasteiger partial charge is 0.419 e. The molecule has 18 heteroatoms. The van der Waals surface area contributed by atoms with Gasteiger partial charge in [-0.15, -0.1) is 0 Å². The number of aryl methyl sites for hydroxylation is 1. The molecule has 1 aromatic heterocycles. The van der Waals surface area contributed by atoms with E-state index in [9.17, 15) is 37.6 Å². The van der Waals surface area contributed by atoms with Crippen molar-refractivity contribution < 1.29 is 37.1 Å². The molecule has 5 aliphatic heterocycles. The summed E-state index contributed by atoms with van der Waals surface area (Å²) in [4.78, 5) is 62.0. The van der Waals surface area contributed by atoms with E-state index in [1.165, 1.54) is 6.07 Å². The van der Waals surface area contributed by atoms with Crippen LogP contribution in [-0.4, -0.2) is 100.0 Å². The van der Waals surface area contributed by atoms with Gasteiger partial charge in [-0.3, -0.25) is 39.2 Å². The lowest BCUT2D eigenvalue weighted by molar-refractivity contribution is -0.138. The van der Waals surface area contributed by atoms with Crippen LogP contribution in [-0.2, 0) is 31.8 Å². The molecule has 3 atom stereocenters. The Morgan fingerprint density at radius 2 is 1.78 bits per heavy atom. The maximum absolute atomic E-state index is 14.0. The van der Waals surface area contributed by atoms with Gasteiger partial charge in [-0.05, 0) is 105 Å². The highest BCUT2D eigenvalue weighted by molar-refractivity contribution is 7.81. The Morgan fingerprint density at radius 3 is 2.45 bits per heavy atom. The number of amides is 4. The number of thiocarbonyl (C=S) groups is 1. The van der Waals surface area contributed by atoms with Crippen LogP contribution in [0.25, 0.3) is 0 Å². The van der Waals surface area contributed by atoms with Crippen LogP contribution in [0.3, 0.4) is 0 Å². The first-order chi connectivity index (χ1) is 28.8. The average Bonchev–Trinajstić information content (AvgIpc) is 3.45. The minimum atomic E-state index is -4.85. The number of aromatic nitrogens is 1. The third-order valence-electron chi connectivity index (χ3n) is 12.3. The Kier molecular flexibility index (Phi) is 11.3. The minimum absolute atomic E-state index is 0.0512. The Labute approximate surface area is 350 Å². The molecule has 2 aromatic carbocycles. The Bertz CT molecular complexity index is 2280. The first-order valence-electron chi connectivity index (χ1n) is 20.2. The van der Waals surface area contributed by atoms with Crippen LogP contribution in [0.4, 0.5) is 35.9 Å². The Hall–Kier alpha value is -5.64. The maximum atomic E-state index is 14.0. The van der Waals surface area contributed by atoms with Crippen LogP contribution in [0.1, 0.15) is 68.7 Å². The zero-order valence-corrected chi connectivity index (χ0v) is 33.7. The summed E-state index contributed by atoms with van der Waals surface area (Å²) >= 11 is 5.80. The average molecular weight is 844 g/mol. The molecule has 60 heavy (non-hydrogen) atoms. The molecule has 1 saturated carbocycles. The molecule has 4 amide bonds. The molecule has 3 N–H and O–H groups in total. The van der Waals surface area contributed by atoms with Gasteiger partial charge in [0.25, 0.3) is 5.91 Å². The summed E-state index contributed by atoms with van der Waals surface area (Å²) < 4.78 is 47.8. The van der Waals surface area contributed by atoms with Crippen molar-refractivity contribution in [3.05, 3.63) is 71.5 Å². The standard InChI is InChI=1S/C42H44F3N9O5S/c1-2-25-17-28(54-40(60)53(39(58)41(54)13-4-14-41)31-19-32(42(43,44)45)34(20-46)47-21-31)9-11-35(25)59-16-15-51-22-30-8-7-29(51)23-52(30)24-37(56)49-27-6-3-5-26(18-27)48-33-10-12-36(55)50-38(33)57/h3,5-6,9,11,17-19,21,29-30,33,48H,2,4,7-8,10,12-16,22-24H2,1H3,(H,49,56)(H,50,55,57)/t29?,30-,33?/m0/s1. The van der Waals surface area contributed by atoms with Gasteiger partial charge in [0.05, 0.1) is 24.0 Å². The molecule has 2 bridgehead atoms. The van der Waals surface area contributed by atoms with E-state index in [1.807, 2.05) is 31.2 Å². The summed E-state index contributed by atoms with van der Waals surface area (Å²) in [5.74, 6) is -0.488. The van der Waals surface area contributed by atoms with E-state index >= 15 is 0 Å². The van der Waals surface area contributed by atoms with Crippen LogP contribution in [0.5, 0.6) is 5.75 Å². The molecule has 0 radical (unpaired) electrons. The van der Waals surface area contributed by atoms with E-state index in [4.69, 9.17) is 17.0 Å². The number of anilines is 4. The van der Waals surface area contributed by atoms with Crippen molar-refractivity contribution in [2.24, 2.45) is 0 Å². The first-order valence-corrected chi connectivity index (χ1v) is 20.6. The summed E-state index contributed by atoms with van der Waals surface area (Å²) in [6, 6.07) is 15.0. The number of nitrogens with zero attached hydrogens (tertiary/aromatic N) is 6. The Morgan fingerprint density at radius 1 is 1.03 bits per heavy atom. The van der Waals surface area contributed by atoms with Gasteiger partial charge >= 0.3 is 6.18 Å². The van der Waals surface area contributed by atoms with Crippen molar-refractivity contribution in [1.29, 1.82) is 5.26 Å². The van der Waals surface area contributed by atoms with E-state index in [0.717, 1.165) is 55.1 Å². The van der Waals surface area contributed by atoms with E-state index in [2.05, 4.69) is 30.7 Å². The van der Waals surface area contributed by atoms with Crippen molar-refractivity contribution in [3.63, 3.8) is 0 Å². The second-order valence-corrected chi connectivity index (χ2v) is 16.3. The van der Waals surface area contributed by atoms with E-state index in [0.29, 0.717) is 61.6 Å². The maximum Gasteiger partial charge on any atom is 0.419 e. The molecule has 5 saturated heterocycles. The number of piperazine rings is 1. The number of carbonyl (C=O) groups excluding carboxylic acids is 4. The summed E-state index contributed by atoms with van der Waals surface area (Å²) in [5, 5.41) is 17.8. The van der Waals surface area contributed by atoms with Crippen molar-refractivity contribution in [2.45, 2.75) is 88.1 Å². The van der Waals surface area contributed by atoms with Crippen molar-refractivity contribution in [3.8, 4) is 11.8 Å². The number of nitriles is 1. The van der Waals surface area contributed by atoms with Gasteiger partial charge in [0.15, 0.2) is 10.8 Å². The zero-order valence-electron chi connectivity index (χ0n) is 32.9. The third kappa shape index (κ3) is 7.88. The number of rotatable bonds is 12. The fourth-order valence-electron chi connectivity index (χ4n) is 9.06. The normalized spacial score (nSPS) is 22.8. The molecule has 3 aromatic rings. The number of hydrogen-bond acceptors (Lipinski definition) is 11. The number of nitrogens with one attached hydrogen (secondary N) is 3. The number of alkyl halides is 3. The number of pyridine rings is 1. The molecular weight excluding hydrogens is 800 g/mol. The number of halogens is 3. The Balaban J connectivity index is 0.864. The summed E-state index contributed by atoms with van der Waals surface area (Å²) in [6.07, 6.45) is 1.27. The SMILES string of the molecule is CCc1cc(N2C(=S)N(c3cnc(C#N)c(C(F)(F)F)c3)C(=O)C23CCC3)ccc1OCCN1C[C@@H]2CCC1CN2CC(=O)Nc1cccc(NC2CCC(=O)NC2=O)c1. The number of ether oxygens (including phenoxy) is 1. The second kappa shape index (κ2) is 16.4. The van der Waals surface area contributed by atoms with Crippen molar-refractivity contribution in [2.75, 3.05) is 53.2 Å². The molecule has 314 valence electrons. The van der Waals surface area contributed by atoms with Crippen molar-refractivity contribution in [1.82, 2.24) is 20.1 Å². The van der Waals surface area contributed by atoms with Gasteiger partial charge < -0.3 is 20.3 Å². The molecule has 14 nitrogen and oxygen atoms in total. The van der Waals surface area contributed by atoms with Crippen LogP contribution < -0.4 is 30.5 Å². The predicted octanol–water partition coefficient (Wildman–Crippen LogP) is 4.98. The highest BCUT2D eigenvalue weighted by Crippen LogP contribution is 2.49. The largest absolute Gasteiger partial charge is 0.492 e. The summed E-state index contributed by atoms with van der Waals surface area (Å²) in [5.41, 5.74) is -0.343.